The van der Waals surface area contributed by atoms with Gasteiger partial charge < -0.3 is 9.84 Å². The topological polar surface area (TPSA) is 29.5 Å². The number of aromatic hydroxyl groups is 1. The first-order chi connectivity index (χ1) is 14.1. The average Bonchev–Trinajstić information content (AvgIpc) is 2.66. The minimum absolute atomic E-state index is 0.301. The maximum atomic E-state index is 10.1. The zero-order valence-electron chi connectivity index (χ0n) is 20.3. The molecule has 1 aliphatic heterocycles. The number of allylic oxidation sites excluding steroid dienone is 5. The van der Waals surface area contributed by atoms with Crippen LogP contribution in [0, 0.1) is 19.8 Å². The van der Waals surface area contributed by atoms with Gasteiger partial charge in [-0.2, -0.15) is 0 Å². The van der Waals surface area contributed by atoms with Crippen molar-refractivity contribution in [2.75, 3.05) is 0 Å². The molecule has 0 bridgehead atoms. The molecular weight excluding hydrogens is 368 g/mol. The highest BCUT2D eigenvalue weighted by molar-refractivity contribution is 5.53. The number of hydrogen-bond acceptors (Lipinski definition) is 2. The Morgan fingerprint density at radius 3 is 2.63 bits per heavy atom. The Morgan fingerprint density at radius 2 is 1.93 bits per heavy atom. The van der Waals surface area contributed by atoms with Gasteiger partial charge in [0.1, 0.15) is 17.1 Å². The minimum Gasteiger partial charge on any atom is -0.508 e. The maximum absolute atomic E-state index is 10.1. The quantitative estimate of drug-likeness (QED) is 0.329. The Kier molecular flexibility index (Phi) is 8.82. The van der Waals surface area contributed by atoms with E-state index in [-0.39, 0.29) is 5.60 Å². The number of phenolic OH excluding ortho intramolecular Hbond substituents is 1. The van der Waals surface area contributed by atoms with Gasteiger partial charge in [-0.15, -0.1) is 0 Å². The number of fused-ring (bicyclic) bond motifs is 1. The van der Waals surface area contributed by atoms with E-state index in [1.54, 1.807) is 0 Å². The Morgan fingerprint density at radius 1 is 1.20 bits per heavy atom. The minimum atomic E-state index is -0.301. The molecule has 1 atom stereocenters. The lowest BCUT2D eigenvalue weighted by Gasteiger charge is -2.35. The van der Waals surface area contributed by atoms with Crippen LogP contribution in [0.4, 0.5) is 0 Å². The summed E-state index contributed by atoms with van der Waals surface area (Å²) in [5, 5.41) is 10.1. The van der Waals surface area contributed by atoms with Gasteiger partial charge in [0.05, 0.1) is 0 Å². The van der Waals surface area contributed by atoms with Crippen LogP contribution in [-0.2, 0) is 6.42 Å². The van der Waals surface area contributed by atoms with Crippen molar-refractivity contribution >= 4 is 0 Å². The Bertz CT molecular complexity index is 810. The van der Waals surface area contributed by atoms with Crippen LogP contribution in [0.15, 0.2) is 41.5 Å². The van der Waals surface area contributed by atoms with Crippen LogP contribution >= 0.6 is 0 Å². The number of hydrogen-bond donors (Lipinski definition) is 1. The van der Waals surface area contributed by atoms with E-state index in [9.17, 15) is 5.11 Å². The van der Waals surface area contributed by atoms with E-state index in [1.807, 2.05) is 19.9 Å². The van der Waals surface area contributed by atoms with Crippen molar-refractivity contribution in [2.24, 2.45) is 5.92 Å². The molecule has 1 unspecified atom stereocenters. The van der Waals surface area contributed by atoms with Gasteiger partial charge in [0.25, 0.3) is 0 Å². The zero-order valence-corrected chi connectivity index (χ0v) is 20.3. The van der Waals surface area contributed by atoms with Gasteiger partial charge in [-0.05, 0) is 102 Å². The van der Waals surface area contributed by atoms with Crippen molar-refractivity contribution in [3.05, 3.63) is 58.2 Å². The van der Waals surface area contributed by atoms with Crippen LogP contribution < -0.4 is 4.74 Å². The summed E-state index contributed by atoms with van der Waals surface area (Å²) >= 11 is 0. The predicted molar refractivity (Wildman–Crippen MR) is 130 cm³/mol. The van der Waals surface area contributed by atoms with Crippen molar-refractivity contribution < 1.29 is 9.84 Å². The molecule has 1 N–H and O–H groups in total. The number of rotatable bonds is 9. The fourth-order valence-corrected chi connectivity index (χ4v) is 4.10. The second-order valence-electron chi connectivity index (χ2n) is 9.81. The first-order valence-corrected chi connectivity index (χ1v) is 11.6. The van der Waals surface area contributed by atoms with Crippen LogP contribution in [0.3, 0.4) is 0 Å². The van der Waals surface area contributed by atoms with Crippen LogP contribution in [-0.4, -0.2) is 10.7 Å². The van der Waals surface area contributed by atoms with Gasteiger partial charge in [0, 0.05) is 5.56 Å². The van der Waals surface area contributed by atoms with Gasteiger partial charge in [-0.1, -0.05) is 49.6 Å². The van der Waals surface area contributed by atoms with Crippen molar-refractivity contribution in [3.63, 3.8) is 0 Å². The van der Waals surface area contributed by atoms with Crippen LogP contribution in [0.25, 0.3) is 0 Å². The number of aryl methyl sites for hydroxylation is 1. The standard InChI is InChI=1S/C28H42O2/c1-20(2)11-8-12-21(3)13-9-14-22(4)15-10-17-28(7)18-16-25-24(6)26(29)19-23(5)27(25)30-28/h10,13,15,17,19-20,29H,8-9,11-12,14,16,18H2,1-7H3. The molecule has 1 aromatic rings. The summed E-state index contributed by atoms with van der Waals surface area (Å²) in [5.74, 6) is 2.12. The summed E-state index contributed by atoms with van der Waals surface area (Å²) in [5.41, 5.74) is 5.73. The molecule has 2 rings (SSSR count). The SMILES string of the molecule is CC(=CC=CC1(C)CCc2c(C)c(O)cc(C)c2O1)CCC=C(C)CCCC(C)C. The second kappa shape index (κ2) is 10.9. The third kappa shape index (κ3) is 7.07. The molecule has 1 aromatic carbocycles. The summed E-state index contributed by atoms with van der Waals surface area (Å²) < 4.78 is 6.40. The molecule has 0 saturated carbocycles. The molecule has 2 nitrogen and oxygen atoms in total. The van der Waals surface area contributed by atoms with Gasteiger partial charge in [-0.3, -0.25) is 0 Å². The highest BCUT2D eigenvalue weighted by Crippen LogP contribution is 2.41. The monoisotopic (exact) mass is 410 g/mol. The molecule has 1 heterocycles. The number of phenols is 1. The van der Waals surface area contributed by atoms with Crippen molar-refractivity contribution in [1.29, 1.82) is 0 Å². The van der Waals surface area contributed by atoms with Gasteiger partial charge in [0.2, 0.25) is 0 Å². The lowest BCUT2D eigenvalue weighted by molar-refractivity contribution is 0.113. The van der Waals surface area contributed by atoms with E-state index < -0.39 is 0 Å². The largest absolute Gasteiger partial charge is 0.508 e. The van der Waals surface area contributed by atoms with Crippen molar-refractivity contribution in [2.45, 2.75) is 99.0 Å². The normalized spacial score (nSPS) is 20.0. The smallest absolute Gasteiger partial charge is 0.127 e. The van der Waals surface area contributed by atoms with E-state index in [0.29, 0.717) is 5.75 Å². The molecule has 0 spiro atoms. The molecule has 166 valence electrons. The highest BCUT2D eigenvalue weighted by Gasteiger charge is 2.31. The Labute approximate surface area is 184 Å². The van der Waals surface area contributed by atoms with Crippen molar-refractivity contribution in [3.8, 4) is 11.5 Å². The molecule has 0 amide bonds. The third-order valence-corrected chi connectivity index (χ3v) is 6.24. The van der Waals surface area contributed by atoms with E-state index in [0.717, 1.165) is 54.0 Å². The molecule has 0 fully saturated rings. The fraction of sp³-hybridized carbons (Fsp3) is 0.571. The summed E-state index contributed by atoms with van der Waals surface area (Å²) in [6, 6.07) is 1.81. The number of ether oxygens (including phenoxy) is 1. The summed E-state index contributed by atoms with van der Waals surface area (Å²) in [4.78, 5) is 0. The summed E-state index contributed by atoms with van der Waals surface area (Å²) in [7, 11) is 0. The molecule has 2 heteroatoms. The van der Waals surface area contributed by atoms with E-state index in [2.05, 4.69) is 58.9 Å². The highest BCUT2D eigenvalue weighted by atomic mass is 16.5. The number of benzene rings is 1. The second-order valence-corrected chi connectivity index (χ2v) is 9.81. The zero-order chi connectivity index (χ0) is 22.3. The molecule has 0 aliphatic carbocycles. The third-order valence-electron chi connectivity index (χ3n) is 6.24. The lowest BCUT2D eigenvalue weighted by Crippen LogP contribution is -2.34. The average molecular weight is 411 g/mol. The summed E-state index contributed by atoms with van der Waals surface area (Å²) in [6.07, 6.45) is 16.9. The molecule has 30 heavy (non-hydrogen) atoms. The van der Waals surface area contributed by atoms with Gasteiger partial charge in [0.15, 0.2) is 0 Å². The Balaban J connectivity index is 1.90. The fourth-order valence-electron chi connectivity index (χ4n) is 4.10. The van der Waals surface area contributed by atoms with E-state index in [1.165, 1.54) is 30.4 Å². The first kappa shape index (κ1) is 24.3. The summed E-state index contributed by atoms with van der Waals surface area (Å²) in [6.45, 7) is 15.2. The van der Waals surface area contributed by atoms with E-state index >= 15 is 0 Å². The van der Waals surface area contributed by atoms with E-state index in [4.69, 9.17) is 4.74 Å². The maximum Gasteiger partial charge on any atom is 0.127 e. The van der Waals surface area contributed by atoms with Crippen LogP contribution in [0.1, 0.15) is 89.8 Å². The molecule has 0 aromatic heterocycles. The van der Waals surface area contributed by atoms with Gasteiger partial charge in [-0.25, -0.2) is 0 Å². The van der Waals surface area contributed by atoms with Crippen molar-refractivity contribution in [1.82, 2.24) is 0 Å². The predicted octanol–water partition coefficient (Wildman–Crippen LogP) is 8.15. The molecular formula is C28H42O2. The molecule has 1 aliphatic rings. The lowest BCUT2D eigenvalue weighted by atomic mass is 9.88. The van der Waals surface area contributed by atoms with Crippen LogP contribution in [0.5, 0.6) is 11.5 Å². The first-order valence-electron chi connectivity index (χ1n) is 11.6. The molecule has 0 saturated heterocycles. The Hall–Kier alpha value is -1.96. The van der Waals surface area contributed by atoms with Crippen LogP contribution in [0.2, 0.25) is 0 Å². The molecule has 0 radical (unpaired) electrons. The van der Waals surface area contributed by atoms with Gasteiger partial charge >= 0.3 is 0 Å².